The van der Waals surface area contributed by atoms with E-state index < -0.39 is 0 Å². The summed E-state index contributed by atoms with van der Waals surface area (Å²) in [5.74, 6) is 0.717. The molecule has 0 aliphatic carbocycles. The van der Waals surface area contributed by atoms with Gasteiger partial charge in [-0.15, -0.1) is 0 Å². The van der Waals surface area contributed by atoms with Crippen molar-refractivity contribution >= 4 is 5.91 Å². The molecule has 90 valence electrons. The van der Waals surface area contributed by atoms with Gasteiger partial charge in [0.05, 0.1) is 11.8 Å². The molecule has 1 rings (SSSR count). The fourth-order valence-corrected chi connectivity index (χ4v) is 1.64. The quantitative estimate of drug-likeness (QED) is 0.801. The van der Waals surface area contributed by atoms with E-state index in [1.165, 1.54) is 0 Å². The van der Waals surface area contributed by atoms with Gasteiger partial charge in [-0.3, -0.25) is 4.79 Å². The van der Waals surface area contributed by atoms with Crippen LogP contribution in [-0.4, -0.2) is 35.6 Å². The molecule has 0 atom stereocenters. The summed E-state index contributed by atoms with van der Waals surface area (Å²) in [5.41, 5.74) is 0.641. The molecule has 1 aromatic heterocycles. The van der Waals surface area contributed by atoms with E-state index in [1.54, 1.807) is 17.2 Å². The molecule has 0 radical (unpaired) electrons. The number of nitrogens with zero attached hydrogens (tertiary/aromatic N) is 1. The summed E-state index contributed by atoms with van der Waals surface area (Å²) in [6, 6.07) is 1.71. The van der Waals surface area contributed by atoms with Crippen LogP contribution in [0.15, 0.2) is 16.7 Å². The normalized spacial score (nSPS) is 10.4. The summed E-state index contributed by atoms with van der Waals surface area (Å²) in [4.78, 5) is 13.8. The summed E-state index contributed by atoms with van der Waals surface area (Å²) in [5, 5.41) is 8.77. The van der Waals surface area contributed by atoms with Crippen molar-refractivity contribution in [1.82, 2.24) is 4.90 Å². The number of aliphatic hydroxyl groups is 1. The minimum atomic E-state index is -0.0125. The Morgan fingerprint density at radius 1 is 1.50 bits per heavy atom. The van der Waals surface area contributed by atoms with Crippen molar-refractivity contribution in [2.24, 2.45) is 0 Å². The molecule has 0 saturated carbocycles. The van der Waals surface area contributed by atoms with Crippen molar-refractivity contribution < 1.29 is 14.3 Å². The van der Waals surface area contributed by atoms with E-state index in [0.29, 0.717) is 31.5 Å². The van der Waals surface area contributed by atoms with Crippen LogP contribution in [0.4, 0.5) is 0 Å². The summed E-state index contributed by atoms with van der Waals surface area (Å²) < 4.78 is 5.24. The van der Waals surface area contributed by atoms with Crippen molar-refractivity contribution in [1.29, 1.82) is 0 Å². The fourth-order valence-electron chi connectivity index (χ4n) is 1.64. The van der Waals surface area contributed by atoms with Crippen LogP contribution in [0.1, 0.15) is 36.4 Å². The highest BCUT2D eigenvalue weighted by molar-refractivity contribution is 5.95. The SMILES string of the molecule is CCc1occc1C(=O)N(CC)CCCO. The minimum Gasteiger partial charge on any atom is -0.469 e. The van der Waals surface area contributed by atoms with Gasteiger partial charge in [0.25, 0.3) is 5.91 Å². The van der Waals surface area contributed by atoms with Gasteiger partial charge in [0.1, 0.15) is 5.76 Å². The Balaban J connectivity index is 2.74. The van der Waals surface area contributed by atoms with Gasteiger partial charge in [0.2, 0.25) is 0 Å². The van der Waals surface area contributed by atoms with E-state index in [0.717, 1.165) is 5.76 Å². The van der Waals surface area contributed by atoms with Gasteiger partial charge in [-0.1, -0.05) is 6.92 Å². The molecule has 0 aliphatic heterocycles. The lowest BCUT2D eigenvalue weighted by Gasteiger charge is -2.20. The molecule has 0 unspecified atom stereocenters. The number of aryl methyl sites for hydroxylation is 1. The van der Waals surface area contributed by atoms with Crippen LogP contribution in [0.5, 0.6) is 0 Å². The molecule has 0 spiro atoms. The summed E-state index contributed by atoms with van der Waals surface area (Å²) in [6.45, 7) is 5.23. The Kier molecular flexibility index (Phi) is 5.05. The van der Waals surface area contributed by atoms with Gasteiger partial charge in [0.15, 0.2) is 0 Å². The third-order valence-corrected chi connectivity index (χ3v) is 2.55. The first-order valence-corrected chi connectivity index (χ1v) is 5.71. The Morgan fingerprint density at radius 3 is 2.81 bits per heavy atom. The number of carbonyl (C=O) groups is 1. The van der Waals surface area contributed by atoms with Gasteiger partial charge in [-0.2, -0.15) is 0 Å². The second-order valence-electron chi connectivity index (χ2n) is 3.57. The topological polar surface area (TPSA) is 53.7 Å². The smallest absolute Gasteiger partial charge is 0.257 e. The number of rotatable bonds is 6. The molecule has 4 nitrogen and oxygen atoms in total. The first kappa shape index (κ1) is 12.8. The number of hydrogen-bond donors (Lipinski definition) is 1. The largest absolute Gasteiger partial charge is 0.469 e. The molecule has 0 fully saturated rings. The number of aliphatic hydroxyl groups excluding tert-OH is 1. The van der Waals surface area contributed by atoms with Crippen molar-refractivity contribution in [2.75, 3.05) is 19.7 Å². The average molecular weight is 225 g/mol. The highest BCUT2D eigenvalue weighted by Gasteiger charge is 2.18. The molecule has 4 heteroatoms. The molecule has 1 amide bonds. The molecule has 1 heterocycles. The lowest BCUT2D eigenvalue weighted by molar-refractivity contribution is 0.0752. The predicted molar refractivity (Wildman–Crippen MR) is 61.4 cm³/mol. The number of carbonyl (C=O) groups excluding carboxylic acids is 1. The van der Waals surface area contributed by atoms with Crippen LogP contribution in [0, 0.1) is 0 Å². The van der Waals surface area contributed by atoms with Crippen LogP contribution in [0.3, 0.4) is 0 Å². The summed E-state index contributed by atoms with van der Waals surface area (Å²) >= 11 is 0. The maximum atomic E-state index is 12.1. The number of amides is 1. The average Bonchev–Trinajstić information content (AvgIpc) is 2.77. The molecular weight excluding hydrogens is 206 g/mol. The number of hydrogen-bond acceptors (Lipinski definition) is 3. The van der Waals surface area contributed by atoms with Crippen LogP contribution in [0.2, 0.25) is 0 Å². The second-order valence-corrected chi connectivity index (χ2v) is 3.57. The monoisotopic (exact) mass is 225 g/mol. The van der Waals surface area contributed by atoms with Gasteiger partial charge >= 0.3 is 0 Å². The van der Waals surface area contributed by atoms with E-state index >= 15 is 0 Å². The van der Waals surface area contributed by atoms with Crippen molar-refractivity contribution in [3.05, 3.63) is 23.7 Å². The highest BCUT2D eigenvalue weighted by atomic mass is 16.3. The highest BCUT2D eigenvalue weighted by Crippen LogP contribution is 2.14. The zero-order valence-corrected chi connectivity index (χ0v) is 9.90. The van der Waals surface area contributed by atoms with Crippen molar-refractivity contribution in [3.8, 4) is 0 Å². The molecule has 0 aliphatic rings. The van der Waals surface area contributed by atoms with Crippen LogP contribution < -0.4 is 0 Å². The molecule has 0 aromatic carbocycles. The fraction of sp³-hybridized carbons (Fsp3) is 0.583. The van der Waals surface area contributed by atoms with E-state index in [2.05, 4.69) is 0 Å². The molecule has 1 aromatic rings. The molecule has 1 N–H and O–H groups in total. The van der Waals surface area contributed by atoms with Gasteiger partial charge in [-0.25, -0.2) is 0 Å². The number of furan rings is 1. The lowest BCUT2D eigenvalue weighted by atomic mass is 10.2. The van der Waals surface area contributed by atoms with Gasteiger partial charge in [-0.05, 0) is 19.4 Å². The van der Waals surface area contributed by atoms with Crippen molar-refractivity contribution in [3.63, 3.8) is 0 Å². The van der Waals surface area contributed by atoms with Crippen LogP contribution in [-0.2, 0) is 6.42 Å². The standard InChI is InChI=1S/C12H19NO3/c1-3-11-10(6-9-16-11)12(15)13(4-2)7-5-8-14/h6,9,14H,3-5,7-8H2,1-2H3. The summed E-state index contributed by atoms with van der Waals surface area (Å²) in [6.07, 6.45) is 2.87. The Bertz CT molecular complexity index is 333. The van der Waals surface area contributed by atoms with Crippen LogP contribution >= 0.6 is 0 Å². The molecule has 0 saturated heterocycles. The van der Waals surface area contributed by atoms with Crippen LogP contribution in [0.25, 0.3) is 0 Å². The molecular formula is C12H19NO3. The summed E-state index contributed by atoms with van der Waals surface area (Å²) in [7, 11) is 0. The Labute approximate surface area is 95.9 Å². The van der Waals surface area contributed by atoms with E-state index in [1.807, 2.05) is 13.8 Å². The molecule has 16 heavy (non-hydrogen) atoms. The van der Waals surface area contributed by atoms with Gasteiger partial charge in [0, 0.05) is 26.1 Å². The minimum absolute atomic E-state index is 0.0125. The molecule has 0 bridgehead atoms. The van der Waals surface area contributed by atoms with Crippen molar-refractivity contribution in [2.45, 2.75) is 26.7 Å². The van der Waals surface area contributed by atoms with Gasteiger partial charge < -0.3 is 14.4 Å². The first-order chi connectivity index (χ1) is 7.74. The first-order valence-electron chi connectivity index (χ1n) is 5.71. The lowest BCUT2D eigenvalue weighted by Crippen LogP contribution is -2.32. The maximum Gasteiger partial charge on any atom is 0.257 e. The zero-order chi connectivity index (χ0) is 12.0. The third-order valence-electron chi connectivity index (χ3n) is 2.55. The Hall–Kier alpha value is -1.29. The van der Waals surface area contributed by atoms with E-state index in [4.69, 9.17) is 9.52 Å². The predicted octanol–water partition coefficient (Wildman–Crippen LogP) is 1.69. The third kappa shape index (κ3) is 2.85. The van der Waals surface area contributed by atoms with E-state index in [9.17, 15) is 4.79 Å². The second kappa shape index (κ2) is 6.33. The maximum absolute atomic E-state index is 12.1. The van der Waals surface area contributed by atoms with E-state index in [-0.39, 0.29) is 12.5 Å². The zero-order valence-electron chi connectivity index (χ0n) is 9.90. The Morgan fingerprint density at radius 2 is 2.25 bits per heavy atom.